The Balaban J connectivity index is 0.644. The number of hydrogen-bond donors (Lipinski definition) is 3. The summed E-state index contributed by atoms with van der Waals surface area (Å²) in [5.74, 6) is 2.88. The van der Waals surface area contributed by atoms with Gasteiger partial charge in [-0.3, -0.25) is 14.6 Å². The van der Waals surface area contributed by atoms with Crippen LogP contribution in [0.1, 0.15) is 54.2 Å². The van der Waals surface area contributed by atoms with Gasteiger partial charge in [0.2, 0.25) is 5.56 Å². The molecule has 62 heavy (non-hydrogen) atoms. The number of unbranched alkanes of at least 4 members (excludes halogenated alkanes) is 2. The first-order chi connectivity index (χ1) is 30.5. The predicted molar refractivity (Wildman–Crippen MR) is 254 cm³/mol. The number of pyridine rings is 1. The smallest absolute Gasteiger partial charge is 0.248 e. The number of anilines is 3. The number of nitrogens with zero attached hydrogens (tertiary/aromatic N) is 4. The molecule has 1 aliphatic carbocycles. The lowest BCUT2D eigenvalue weighted by molar-refractivity contribution is 0.238. The standard InChI is InChI=1S/C50H56N6O4S2/c57-43-17-13-33-11-15-35(31-37(33)51-43)59-29-3-1-19-53-21-25-55(26-22-53)39-7-5-9-41-45(39)47-49(61-41)48-46-40(8-6-10-42(46)62-50(47)48)56-27-23-54(24-28-56)20-2-4-30-60-36-16-12-34-14-18-44(58)52-38(34)32-36/h5-18,31-32,43,47-51,57H,1-4,19-30H2,(H,52,58). The minimum atomic E-state index is -0.644. The van der Waals surface area contributed by atoms with E-state index in [1.54, 1.807) is 23.3 Å². The molecule has 1 aromatic heterocycles. The van der Waals surface area contributed by atoms with Crippen molar-refractivity contribution in [2.75, 3.05) is 93.8 Å². The maximum Gasteiger partial charge on any atom is 0.248 e. The van der Waals surface area contributed by atoms with Gasteiger partial charge in [-0.15, -0.1) is 23.5 Å². The Labute approximate surface area is 372 Å². The Hall–Kier alpha value is -4.59. The van der Waals surface area contributed by atoms with Crippen LogP contribution in [-0.2, 0) is 0 Å². The van der Waals surface area contributed by atoms with E-state index in [1.807, 2.05) is 48.5 Å². The first kappa shape index (κ1) is 40.2. The van der Waals surface area contributed by atoms with Crippen LogP contribution < -0.4 is 30.1 Å². The van der Waals surface area contributed by atoms with Crippen LogP contribution in [0.2, 0.25) is 0 Å². The lowest BCUT2D eigenvalue weighted by Gasteiger charge is -2.46. The molecule has 6 heterocycles. The minimum Gasteiger partial charge on any atom is -0.494 e. The van der Waals surface area contributed by atoms with Gasteiger partial charge in [0.25, 0.3) is 0 Å². The van der Waals surface area contributed by atoms with E-state index in [1.165, 1.54) is 21.2 Å². The molecule has 4 aromatic carbocycles. The molecule has 6 aliphatic rings. The molecule has 10 nitrogen and oxygen atoms in total. The lowest BCUT2D eigenvalue weighted by Crippen LogP contribution is -2.49. The van der Waals surface area contributed by atoms with Gasteiger partial charge in [-0.05, 0) is 122 Å². The van der Waals surface area contributed by atoms with E-state index < -0.39 is 6.23 Å². The van der Waals surface area contributed by atoms with Gasteiger partial charge in [-0.2, -0.15) is 0 Å². The summed E-state index contributed by atoms with van der Waals surface area (Å²) >= 11 is 4.33. The number of aliphatic hydroxyl groups is 1. The first-order valence-electron chi connectivity index (χ1n) is 22.7. The SMILES string of the molecule is O=c1ccc2ccc(OCCCCN3CCN(c4cccc5c4C4C6Sc7cccc(N8CCN(CCCCOc9ccc%10c(c9)NC(O)C=C%10)CC8)c7C6C4S5)CC3)cc2[nH]1. The summed E-state index contributed by atoms with van der Waals surface area (Å²) in [6.07, 6.45) is 7.33. The molecule has 3 N–H and O–H groups in total. The molecule has 5 atom stereocenters. The number of H-pyrrole nitrogens is 1. The molecule has 3 fully saturated rings. The topological polar surface area (TPSA) is 96.5 Å². The Kier molecular flexibility index (Phi) is 11.4. The van der Waals surface area contributed by atoms with Crippen molar-refractivity contribution in [3.05, 3.63) is 118 Å². The summed E-state index contributed by atoms with van der Waals surface area (Å²) in [7, 11) is 0. The zero-order chi connectivity index (χ0) is 41.6. The van der Waals surface area contributed by atoms with Gasteiger partial charge < -0.3 is 34.7 Å². The van der Waals surface area contributed by atoms with Crippen molar-refractivity contribution in [1.29, 1.82) is 0 Å². The largest absolute Gasteiger partial charge is 0.494 e. The van der Waals surface area contributed by atoms with Crippen LogP contribution in [0.4, 0.5) is 17.1 Å². The molecule has 2 saturated heterocycles. The van der Waals surface area contributed by atoms with Gasteiger partial charge in [0.1, 0.15) is 17.7 Å². The Morgan fingerprint density at radius 3 is 1.82 bits per heavy atom. The molecule has 0 radical (unpaired) electrons. The Bertz CT molecular complexity index is 2510. The summed E-state index contributed by atoms with van der Waals surface area (Å²) in [5.41, 5.74) is 8.95. The van der Waals surface area contributed by atoms with Crippen LogP contribution in [0.25, 0.3) is 17.0 Å². The highest BCUT2D eigenvalue weighted by Gasteiger charge is 2.61. The minimum absolute atomic E-state index is 0.0891. The van der Waals surface area contributed by atoms with Crippen molar-refractivity contribution in [1.82, 2.24) is 14.8 Å². The number of benzene rings is 4. The molecule has 5 aromatic rings. The maximum absolute atomic E-state index is 11.7. The summed E-state index contributed by atoms with van der Waals surface area (Å²) in [4.78, 5) is 28.3. The fourth-order valence-corrected chi connectivity index (χ4v) is 14.2. The number of fused-ring (bicyclic) bond motifs is 10. The van der Waals surface area contributed by atoms with Crippen molar-refractivity contribution in [2.24, 2.45) is 0 Å². The number of piperazine rings is 2. The van der Waals surface area contributed by atoms with Gasteiger partial charge >= 0.3 is 0 Å². The Morgan fingerprint density at radius 1 is 0.645 bits per heavy atom. The van der Waals surface area contributed by atoms with Crippen molar-refractivity contribution < 1.29 is 14.6 Å². The number of aromatic amines is 1. The van der Waals surface area contributed by atoms with Crippen LogP contribution in [0.5, 0.6) is 11.5 Å². The molecule has 1 saturated carbocycles. The highest BCUT2D eigenvalue weighted by Crippen LogP contribution is 2.72. The van der Waals surface area contributed by atoms with E-state index >= 15 is 0 Å². The highest BCUT2D eigenvalue weighted by atomic mass is 32.2. The zero-order valence-corrected chi connectivity index (χ0v) is 36.8. The molecule has 322 valence electrons. The van der Waals surface area contributed by atoms with Gasteiger partial charge in [-0.1, -0.05) is 18.2 Å². The fraction of sp³-hybridized carbons (Fsp3) is 0.420. The molecule has 12 heteroatoms. The number of aromatic nitrogens is 1. The summed E-state index contributed by atoms with van der Waals surface area (Å²) in [6.45, 7) is 12.3. The molecular formula is C50H56N6O4S2. The second kappa shape index (κ2) is 17.5. The number of rotatable bonds is 14. The van der Waals surface area contributed by atoms with Crippen molar-refractivity contribution in [3.8, 4) is 11.5 Å². The van der Waals surface area contributed by atoms with Gasteiger partial charge in [0.15, 0.2) is 0 Å². The van der Waals surface area contributed by atoms with E-state index in [-0.39, 0.29) is 5.56 Å². The molecule has 5 aliphatic heterocycles. The van der Waals surface area contributed by atoms with Gasteiger partial charge in [-0.25, -0.2) is 0 Å². The van der Waals surface area contributed by atoms with Gasteiger partial charge in [0.05, 0.1) is 18.7 Å². The number of hydrogen-bond acceptors (Lipinski definition) is 11. The highest BCUT2D eigenvalue weighted by molar-refractivity contribution is 8.02. The quantitative estimate of drug-likeness (QED) is 0.0947. The summed E-state index contributed by atoms with van der Waals surface area (Å²) < 4.78 is 12.1. The second-order valence-corrected chi connectivity index (χ2v) is 20.1. The fourth-order valence-electron chi connectivity index (χ4n) is 10.6. The van der Waals surface area contributed by atoms with E-state index in [9.17, 15) is 9.90 Å². The van der Waals surface area contributed by atoms with Gasteiger partial charge in [0, 0.05) is 120 Å². The van der Waals surface area contributed by atoms with Crippen molar-refractivity contribution in [2.45, 2.75) is 64.0 Å². The molecular weight excluding hydrogens is 813 g/mol. The third-order valence-corrected chi connectivity index (χ3v) is 16.8. The van der Waals surface area contributed by atoms with E-state index in [4.69, 9.17) is 9.47 Å². The van der Waals surface area contributed by atoms with Crippen LogP contribution >= 0.6 is 23.5 Å². The van der Waals surface area contributed by atoms with Crippen LogP contribution in [-0.4, -0.2) is 115 Å². The second-order valence-electron chi connectivity index (χ2n) is 17.6. The number of nitrogens with one attached hydrogen (secondary N) is 2. The number of thioether (sulfide) groups is 2. The zero-order valence-electron chi connectivity index (χ0n) is 35.2. The predicted octanol–water partition coefficient (Wildman–Crippen LogP) is 8.08. The number of ether oxygens (including phenoxy) is 2. The van der Waals surface area contributed by atoms with Crippen LogP contribution in [0.3, 0.4) is 0 Å². The van der Waals surface area contributed by atoms with E-state index in [0.717, 1.165) is 125 Å². The molecule has 0 bridgehead atoms. The molecule has 0 spiro atoms. The van der Waals surface area contributed by atoms with Crippen molar-refractivity contribution in [3.63, 3.8) is 0 Å². The van der Waals surface area contributed by atoms with Crippen LogP contribution in [0, 0.1) is 0 Å². The molecule has 0 amide bonds. The third kappa shape index (κ3) is 7.98. The monoisotopic (exact) mass is 868 g/mol. The normalized spacial score (nSPS) is 23.9. The number of aliphatic hydroxyl groups excluding tert-OH is 1. The third-order valence-electron chi connectivity index (χ3n) is 13.9. The van der Waals surface area contributed by atoms with E-state index in [0.29, 0.717) is 35.5 Å². The average molecular weight is 869 g/mol. The average Bonchev–Trinajstić information content (AvgIpc) is 3.81. The Morgan fingerprint density at radius 2 is 1.21 bits per heavy atom. The summed E-state index contributed by atoms with van der Waals surface area (Å²) in [5, 5.41) is 15.2. The van der Waals surface area contributed by atoms with E-state index in [2.05, 4.69) is 89.8 Å². The summed E-state index contributed by atoms with van der Waals surface area (Å²) in [6, 6.07) is 29.6. The lowest BCUT2D eigenvalue weighted by atomic mass is 9.67. The maximum atomic E-state index is 11.7. The van der Waals surface area contributed by atoms with Crippen molar-refractivity contribution >= 4 is 57.6 Å². The molecule has 11 rings (SSSR count). The van der Waals surface area contributed by atoms with Crippen LogP contribution in [0.15, 0.2) is 106 Å². The molecule has 5 unspecified atom stereocenters. The first-order valence-corrected chi connectivity index (χ1v) is 24.5.